The molecule has 0 fully saturated rings. The third kappa shape index (κ3) is 2.08. The zero-order chi connectivity index (χ0) is 8.97. The number of nitrogens with two attached hydrogens (primary N) is 1. The third-order valence-electron chi connectivity index (χ3n) is 2.13. The summed E-state index contributed by atoms with van der Waals surface area (Å²) < 4.78 is 2.00. The van der Waals surface area contributed by atoms with Gasteiger partial charge in [-0.1, -0.05) is 6.92 Å². The highest BCUT2D eigenvalue weighted by molar-refractivity contribution is 5.04. The van der Waals surface area contributed by atoms with Gasteiger partial charge in [0.05, 0.1) is 6.20 Å². The van der Waals surface area contributed by atoms with Crippen LogP contribution in [0.2, 0.25) is 0 Å². The maximum Gasteiger partial charge on any atom is 0.0522 e. The molecule has 3 nitrogen and oxygen atoms in total. The monoisotopic (exact) mass is 167 g/mol. The number of hydrogen-bond donors (Lipinski definition) is 1. The van der Waals surface area contributed by atoms with Gasteiger partial charge in [0, 0.05) is 12.2 Å². The molecule has 1 atom stereocenters. The van der Waals surface area contributed by atoms with Crippen LogP contribution in [0.5, 0.6) is 0 Å². The molecule has 0 aliphatic rings. The fourth-order valence-corrected chi connectivity index (χ4v) is 1.10. The van der Waals surface area contributed by atoms with Crippen LogP contribution in [0.15, 0.2) is 12.4 Å². The molecule has 0 aromatic carbocycles. The molecule has 0 saturated carbocycles. The summed E-state index contributed by atoms with van der Waals surface area (Å²) in [5.74, 6) is 0. The third-order valence-corrected chi connectivity index (χ3v) is 2.13. The van der Waals surface area contributed by atoms with Gasteiger partial charge in [-0.2, -0.15) is 5.10 Å². The maximum absolute atomic E-state index is 5.44. The van der Waals surface area contributed by atoms with Crippen LogP contribution in [0.25, 0.3) is 0 Å². The molecular weight excluding hydrogens is 150 g/mol. The molecule has 0 radical (unpaired) electrons. The summed E-state index contributed by atoms with van der Waals surface area (Å²) in [6, 6.07) is 0.497. The molecule has 1 heterocycles. The number of aromatic nitrogens is 2. The van der Waals surface area contributed by atoms with Crippen LogP contribution in [0, 0.1) is 0 Å². The fraction of sp³-hybridized carbons (Fsp3) is 0.667. The molecule has 68 valence electrons. The first-order valence-corrected chi connectivity index (χ1v) is 4.51. The van der Waals surface area contributed by atoms with E-state index in [4.69, 9.17) is 5.73 Å². The summed E-state index contributed by atoms with van der Waals surface area (Å²) in [7, 11) is 0. The van der Waals surface area contributed by atoms with Gasteiger partial charge in [0.25, 0.3) is 0 Å². The van der Waals surface area contributed by atoms with E-state index in [9.17, 15) is 0 Å². The number of nitrogens with zero attached hydrogens (tertiary/aromatic N) is 2. The molecule has 0 spiro atoms. The van der Waals surface area contributed by atoms with Crippen LogP contribution >= 0.6 is 0 Å². The van der Waals surface area contributed by atoms with Gasteiger partial charge in [0.15, 0.2) is 0 Å². The molecule has 0 aliphatic heterocycles. The number of rotatable bonds is 4. The Bertz CT molecular complexity index is 229. The van der Waals surface area contributed by atoms with Crippen molar-refractivity contribution in [1.29, 1.82) is 0 Å². The van der Waals surface area contributed by atoms with E-state index in [0.29, 0.717) is 12.6 Å². The largest absolute Gasteiger partial charge is 0.330 e. The smallest absolute Gasteiger partial charge is 0.0522 e. The standard InChI is InChI=1S/C9H17N3/c1-3-8(2)12-7-9(4-5-10)6-11-12/h6-8H,3-5,10H2,1-2H3. The van der Waals surface area contributed by atoms with Crippen molar-refractivity contribution >= 4 is 0 Å². The van der Waals surface area contributed by atoms with Crippen molar-refractivity contribution in [2.24, 2.45) is 5.73 Å². The highest BCUT2D eigenvalue weighted by atomic mass is 15.3. The van der Waals surface area contributed by atoms with E-state index < -0.39 is 0 Å². The summed E-state index contributed by atoms with van der Waals surface area (Å²) in [5, 5.41) is 4.27. The predicted octanol–water partition coefficient (Wildman–Crippen LogP) is 1.36. The lowest BCUT2D eigenvalue weighted by atomic mass is 10.2. The summed E-state index contributed by atoms with van der Waals surface area (Å²) >= 11 is 0. The van der Waals surface area contributed by atoms with Gasteiger partial charge in [-0.3, -0.25) is 4.68 Å². The van der Waals surface area contributed by atoms with Crippen molar-refractivity contribution in [3.8, 4) is 0 Å². The lowest BCUT2D eigenvalue weighted by Crippen LogP contribution is -2.04. The van der Waals surface area contributed by atoms with Gasteiger partial charge >= 0.3 is 0 Å². The lowest BCUT2D eigenvalue weighted by molar-refractivity contribution is 0.477. The summed E-state index contributed by atoms with van der Waals surface area (Å²) in [6.07, 6.45) is 6.03. The van der Waals surface area contributed by atoms with Crippen molar-refractivity contribution < 1.29 is 0 Å². The first-order chi connectivity index (χ1) is 5.77. The second kappa shape index (κ2) is 4.26. The minimum absolute atomic E-state index is 0.497. The van der Waals surface area contributed by atoms with Crippen molar-refractivity contribution in [2.75, 3.05) is 6.54 Å². The van der Waals surface area contributed by atoms with Crippen molar-refractivity contribution in [3.63, 3.8) is 0 Å². The van der Waals surface area contributed by atoms with Crippen molar-refractivity contribution in [3.05, 3.63) is 18.0 Å². The molecule has 0 bridgehead atoms. The van der Waals surface area contributed by atoms with Gasteiger partial charge in [-0.05, 0) is 31.9 Å². The van der Waals surface area contributed by atoms with E-state index in [1.54, 1.807) is 0 Å². The van der Waals surface area contributed by atoms with E-state index in [-0.39, 0.29) is 0 Å². The Morgan fingerprint density at radius 2 is 2.42 bits per heavy atom. The van der Waals surface area contributed by atoms with E-state index >= 15 is 0 Å². The second-order valence-corrected chi connectivity index (χ2v) is 3.12. The van der Waals surface area contributed by atoms with Gasteiger partial charge in [0.2, 0.25) is 0 Å². The zero-order valence-corrected chi connectivity index (χ0v) is 7.83. The minimum atomic E-state index is 0.497. The molecule has 1 rings (SSSR count). The van der Waals surface area contributed by atoms with Crippen LogP contribution < -0.4 is 5.73 Å². The minimum Gasteiger partial charge on any atom is -0.330 e. The predicted molar refractivity (Wildman–Crippen MR) is 50.0 cm³/mol. The Balaban J connectivity index is 2.63. The Morgan fingerprint density at radius 3 is 3.00 bits per heavy atom. The topological polar surface area (TPSA) is 43.8 Å². The van der Waals surface area contributed by atoms with E-state index in [0.717, 1.165) is 12.8 Å². The normalized spacial score (nSPS) is 13.2. The highest BCUT2D eigenvalue weighted by Crippen LogP contribution is 2.09. The molecule has 0 amide bonds. The average molecular weight is 167 g/mol. The van der Waals surface area contributed by atoms with Crippen molar-refractivity contribution in [2.45, 2.75) is 32.7 Å². The van der Waals surface area contributed by atoms with Crippen molar-refractivity contribution in [1.82, 2.24) is 9.78 Å². The first-order valence-electron chi connectivity index (χ1n) is 4.51. The van der Waals surface area contributed by atoms with Crippen LogP contribution in [0.3, 0.4) is 0 Å². The Kier molecular flexibility index (Phi) is 3.29. The van der Waals surface area contributed by atoms with Crippen LogP contribution in [-0.2, 0) is 6.42 Å². The molecule has 1 aromatic rings. The van der Waals surface area contributed by atoms with Crippen LogP contribution in [0.4, 0.5) is 0 Å². The Labute approximate surface area is 73.6 Å². The summed E-state index contributed by atoms with van der Waals surface area (Å²) in [5.41, 5.74) is 6.68. The summed E-state index contributed by atoms with van der Waals surface area (Å²) in [4.78, 5) is 0. The van der Waals surface area contributed by atoms with Gasteiger partial charge in [-0.15, -0.1) is 0 Å². The molecule has 12 heavy (non-hydrogen) atoms. The molecular formula is C9H17N3. The van der Waals surface area contributed by atoms with Crippen LogP contribution in [-0.4, -0.2) is 16.3 Å². The molecule has 2 N–H and O–H groups in total. The van der Waals surface area contributed by atoms with Gasteiger partial charge in [0.1, 0.15) is 0 Å². The Morgan fingerprint density at radius 1 is 1.67 bits per heavy atom. The molecule has 0 saturated heterocycles. The van der Waals surface area contributed by atoms with E-state index in [1.165, 1.54) is 5.56 Å². The molecule has 1 unspecified atom stereocenters. The summed E-state index contributed by atoms with van der Waals surface area (Å²) in [6.45, 7) is 5.03. The Hall–Kier alpha value is -0.830. The second-order valence-electron chi connectivity index (χ2n) is 3.12. The fourth-order valence-electron chi connectivity index (χ4n) is 1.10. The molecule has 1 aromatic heterocycles. The highest BCUT2D eigenvalue weighted by Gasteiger charge is 2.02. The zero-order valence-electron chi connectivity index (χ0n) is 7.83. The van der Waals surface area contributed by atoms with E-state index in [1.807, 2.05) is 10.9 Å². The molecule has 3 heteroatoms. The lowest BCUT2D eigenvalue weighted by Gasteiger charge is -2.07. The van der Waals surface area contributed by atoms with Crippen LogP contribution in [0.1, 0.15) is 31.9 Å². The number of hydrogen-bond acceptors (Lipinski definition) is 2. The first kappa shape index (κ1) is 9.26. The molecule has 0 aliphatic carbocycles. The van der Waals surface area contributed by atoms with Gasteiger partial charge < -0.3 is 5.73 Å². The SMILES string of the molecule is CCC(C)n1cc(CCN)cn1. The maximum atomic E-state index is 5.44. The average Bonchev–Trinajstić information content (AvgIpc) is 2.52. The van der Waals surface area contributed by atoms with E-state index in [2.05, 4.69) is 25.1 Å². The quantitative estimate of drug-likeness (QED) is 0.735. The van der Waals surface area contributed by atoms with Gasteiger partial charge in [-0.25, -0.2) is 0 Å².